The van der Waals surface area contributed by atoms with Crippen LogP contribution in [0.15, 0.2) is 17.0 Å². The minimum Gasteiger partial charge on any atom is -0.486 e. The van der Waals surface area contributed by atoms with Crippen molar-refractivity contribution >= 4 is 17.7 Å². The zero-order valence-electron chi connectivity index (χ0n) is 12.0. The van der Waals surface area contributed by atoms with Gasteiger partial charge in [-0.25, -0.2) is 0 Å². The zero-order valence-corrected chi connectivity index (χ0v) is 12.8. The number of primary amides is 1. The van der Waals surface area contributed by atoms with Crippen LogP contribution >= 0.6 is 11.8 Å². The number of hydrogen-bond acceptors (Lipinski definition) is 6. The van der Waals surface area contributed by atoms with E-state index in [-0.39, 0.29) is 6.61 Å². The Kier molecular flexibility index (Phi) is 6.16. The monoisotopic (exact) mass is 312 g/mol. The first kappa shape index (κ1) is 15.9. The van der Waals surface area contributed by atoms with E-state index in [1.807, 2.05) is 18.4 Å². The molecule has 116 valence electrons. The van der Waals surface area contributed by atoms with Gasteiger partial charge in [-0.2, -0.15) is 0 Å². The van der Waals surface area contributed by atoms with Gasteiger partial charge in [0, 0.05) is 18.0 Å². The molecule has 21 heavy (non-hydrogen) atoms. The summed E-state index contributed by atoms with van der Waals surface area (Å²) in [5, 5.41) is 3.27. The summed E-state index contributed by atoms with van der Waals surface area (Å²) < 4.78 is 16.3. The highest BCUT2D eigenvalue weighted by atomic mass is 32.2. The second kappa shape index (κ2) is 8.11. The highest BCUT2D eigenvalue weighted by Crippen LogP contribution is 2.36. The second-order valence-electron chi connectivity index (χ2n) is 4.50. The number of amides is 1. The van der Waals surface area contributed by atoms with Crippen LogP contribution in [-0.4, -0.2) is 45.1 Å². The van der Waals surface area contributed by atoms with Crippen LogP contribution < -0.4 is 20.5 Å². The third kappa shape index (κ3) is 4.80. The maximum absolute atomic E-state index is 10.5. The van der Waals surface area contributed by atoms with E-state index in [9.17, 15) is 4.79 Å². The average Bonchev–Trinajstić information content (AvgIpc) is 2.49. The van der Waals surface area contributed by atoms with Crippen LogP contribution in [0.4, 0.5) is 0 Å². The van der Waals surface area contributed by atoms with Gasteiger partial charge in [-0.1, -0.05) is 0 Å². The largest absolute Gasteiger partial charge is 0.486 e. The molecule has 6 nitrogen and oxygen atoms in total. The van der Waals surface area contributed by atoms with Crippen LogP contribution in [0.5, 0.6) is 11.5 Å². The fraction of sp³-hybridized carbons (Fsp3) is 0.500. The van der Waals surface area contributed by atoms with Gasteiger partial charge in [0.1, 0.15) is 19.8 Å². The Morgan fingerprint density at radius 1 is 1.38 bits per heavy atom. The molecule has 0 spiro atoms. The number of ether oxygens (including phenoxy) is 3. The van der Waals surface area contributed by atoms with Crippen molar-refractivity contribution in [2.45, 2.75) is 11.4 Å². The summed E-state index contributed by atoms with van der Waals surface area (Å²) in [6.07, 6.45) is 2.03. The summed E-state index contributed by atoms with van der Waals surface area (Å²) in [7, 11) is 0. The molecule has 1 amide bonds. The quantitative estimate of drug-likeness (QED) is 0.545. The van der Waals surface area contributed by atoms with Crippen molar-refractivity contribution in [2.75, 3.05) is 39.2 Å². The molecule has 7 heteroatoms. The van der Waals surface area contributed by atoms with Gasteiger partial charge in [-0.3, -0.25) is 4.79 Å². The molecule has 0 bridgehead atoms. The molecule has 0 unspecified atom stereocenters. The Hall–Kier alpha value is -1.44. The number of carbonyl (C=O) groups excluding carboxylic acids is 1. The minimum atomic E-state index is -0.452. The van der Waals surface area contributed by atoms with Gasteiger partial charge < -0.3 is 25.3 Å². The summed E-state index contributed by atoms with van der Waals surface area (Å²) in [6.45, 7) is 2.93. The molecule has 3 N–H and O–H groups in total. The molecule has 0 radical (unpaired) electrons. The number of nitrogens with one attached hydrogen (secondary N) is 1. The second-order valence-corrected chi connectivity index (χ2v) is 5.35. The van der Waals surface area contributed by atoms with E-state index in [1.165, 1.54) is 0 Å². The summed E-state index contributed by atoms with van der Waals surface area (Å²) in [6, 6.07) is 4.03. The third-order valence-corrected chi connectivity index (χ3v) is 3.75. The predicted molar refractivity (Wildman–Crippen MR) is 80.9 cm³/mol. The Balaban J connectivity index is 1.85. The van der Waals surface area contributed by atoms with Crippen LogP contribution in [0.3, 0.4) is 0 Å². The van der Waals surface area contributed by atoms with E-state index in [2.05, 4.69) is 5.32 Å². The Bertz CT molecular complexity index is 496. The number of hydrogen-bond donors (Lipinski definition) is 2. The maximum Gasteiger partial charge on any atom is 0.243 e. The van der Waals surface area contributed by atoms with Crippen molar-refractivity contribution in [3.63, 3.8) is 0 Å². The van der Waals surface area contributed by atoms with Crippen molar-refractivity contribution in [3.05, 3.63) is 17.7 Å². The van der Waals surface area contributed by atoms with Gasteiger partial charge in [0.15, 0.2) is 11.5 Å². The van der Waals surface area contributed by atoms with Crippen LogP contribution in [0, 0.1) is 0 Å². The molecule has 1 aliphatic rings. The van der Waals surface area contributed by atoms with Crippen molar-refractivity contribution in [2.24, 2.45) is 5.73 Å². The fourth-order valence-electron chi connectivity index (χ4n) is 1.98. The molecule has 0 saturated carbocycles. The van der Waals surface area contributed by atoms with Gasteiger partial charge in [-0.05, 0) is 24.0 Å². The van der Waals surface area contributed by atoms with Gasteiger partial charge >= 0.3 is 0 Å². The molecule has 2 rings (SSSR count). The summed E-state index contributed by atoms with van der Waals surface area (Å²) in [4.78, 5) is 11.7. The molecule has 1 aromatic carbocycles. The van der Waals surface area contributed by atoms with E-state index in [4.69, 9.17) is 19.9 Å². The Labute approximate surface area is 128 Å². The van der Waals surface area contributed by atoms with Gasteiger partial charge in [0.2, 0.25) is 5.91 Å². The molecule has 0 saturated heterocycles. The van der Waals surface area contributed by atoms with Gasteiger partial charge in [-0.15, -0.1) is 11.8 Å². The van der Waals surface area contributed by atoms with Crippen molar-refractivity contribution in [3.8, 4) is 11.5 Å². The molecule has 1 aliphatic heterocycles. The van der Waals surface area contributed by atoms with Crippen molar-refractivity contribution in [1.29, 1.82) is 0 Å². The van der Waals surface area contributed by atoms with Crippen molar-refractivity contribution < 1.29 is 19.0 Å². The fourth-order valence-corrected chi connectivity index (χ4v) is 2.60. The molecule has 1 aromatic rings. The summed E-state index contributed by atoms with van der Waals surface area (Å²) in [5.41, 5.74) is 6.14. The van der Waals surface area contributed by atoms with Crippen LogP contribution in [-0.2, 0) is 16.1 Å². The minimum absolute atomic E-state index is 0.0399. The average molecular weight is 312 g/mol. The molecular formula is C14H20N2O4S. The normalized spacial score (nSPS) is 13.2. The number of fused-ring (bicyclic) bond motifs is 1. The summed E-state index contributed by atoms with van der Waals surface area (Å²) >= 11 is 1.67. The lowest BCUT2D eigenvalue weighted by Gasteiger charge is -2.21. The topological polar surface area (TPSA) is 82.8 Å². The predicted octanol–water partition coefficient (Wildman–Crippen LogP) is 0.771. The third-order valence-electron chi connectivity index (χ3n) is 2.93. The Morgan fingerprint density at radius 3 is 2.76 bits per heavy atom. The van der Waals surface area contributed by atoms with E-state index in [0.29, 0.717) is 32.9 Å². The first-order valence-corrected chi connectivity index (χ1v) is 7.96. The molecule has 0 atom stereocenters. The molecule has 1 heterocycles. The standard InChI is InChI=1S/C14H20N2O4S/c1-21-13-7-12-11(19-4-5-20-12)6-10(13)8-16-2-3-18-9-14(15)17/h6-7,16H,2-5,8-9H2,1H3,(H2,15,17). The SMILES string of the molecule is CSc1cc2c(cc1CNCCOCC(N)=O)OCCO2. The Morgan fingerprint density at radius 2 is 2.10 bits per heavy atom. The molecule has 0 aliphatic carbocycles. The molecular weight excluding hydrogens is 292 g/mol. The smallest absolute Gasteiger partial charge is 0.243 e. The first-order chi connectivity index (χ1) is 10.2. The van der Waals surface area contributed by atoms with Gasteiger partial charge in [0.25, 0.3) is 0 Å². The van der Waals surface area contributed by atoms with E-state index in [1.54, 1.807) is 11.8 Å². The van der Waals surface area contributed by atoms with Crippen molar-refractivity contribution in [1.82, 2.24) is 5.32 Å². The van der Waals surface area contributed by atoms with E-state index >= 15 is 0 Å². The lowest BCUT2D eigenvalue weighted by molar-refractivity contribution is -0.122. The number of rotatable bonds is 8. The number of thioether (sulfide) groups is 1. The number of nitrogens with two attached hydrogens (primary N) is 1. The van der Waals surface area contributed by atoms with Crippen LogP contribution in [0.1, 0.15) is 5.56 Å². The highest BCUT2D eigenvalue weighted by Gasteiger charge is 2.15. The first-order valence-electron chi connectivity index (χ1n) is 6.74. The van der Waals surface area contributed by atoms with E-state index < -0.39 is 5.91 Å². The zero-order chi connectivity index (χ0) is 15.1. The molecule has 0 fully saturated rings. The lowest BCUT2D eigenvalue weighted by atomic mass is 10.2. The van der Waals surface area contributed by atoms with Gasteiger partial charge in [0.05, 0.1) is 6.61 Å². The van der Waals surface area contributed by atoms with E-state index in [0.717, 1.165) is 22.0 Å². The highest BCUT2D eigenvalue weighted by molar-refractivity contribution is 7.98. The summed E-state index contributed by atoms with van der Waals surface area (Å²) in [5.74, 6) is 1.14. The number of carbonyl (C=O) groups is 1. The lowest BCUT2D eigenvalue weighted by Crippen LogP contribution is -2.24. The molecule has 0 aromatic heterocycles. The van der Waals surface area contributed by atoms with Crippen LogP contribution in [0.2, 0.25) is 0 Å². The maximum atomic E-state index is 10.5. The number of benzene rings is 1. The van der Waals surface area contributed by atoms with Crippen LogP contribution in [0.25, 0.3) is 0 Å².